The van der Waals surface area contributed by atoms with Crippen molar-refractivity contribution in [2.75, 3.05) is 18.4 Å². The highest BCUT2D eigenvalue weighted by Gasteiger charge is 2.18. The van der Waals surface area contributed by atoms with Crippen LogP contribution in [0.1, 0.15) is 34.0 Å². The van der Waals surface area contributed by atoms with Crippen LogP contribution < -0.4 is 10.6 Å². The van der Waals surface area contributed by atoms with E-state index in [-0.39, 0.29) is 18.3 Å². The number of halogens is 1. The van der Waals surface area contributed by atoms with E-state index in [0.717, 1.165) is 25.9 Å². The summed E-state index contributed by atoms with van der Waals surface area (Å²) in [5.41, 5.74) is 0.527. The van der Waals surface area contributed by atoms with Crippen molar-refractivity contribution in [3.63, 3.8) is 0 Å². The molecule has 2 N–H and O–H groups in total. The van der Waals surface area contributed by atoms with Gasteiger partial charge in [-0.25, -0.2) is 14.6 Å². The molecule has 4 rings (SSSR count). The van der Waals surface area contributed by atoms with E-state index in [0.29, 0.717) is 22.4 Å². The van der Waals surface area contributed by atoms with E-state index in [1.807, 2.05) is 12.3 Å². The topological polar surface area (TPSA) is 84.7 Å². The number of rotatable bonds is 4. The van der Waals surface area contributed by atoms with Crippen molar-refractivity contribution in [3.05, 3.63) is 53.4 Å². The highest BCUT2D eigenvalue weighted by atomic mass is 35.5. The Balaban J connectivity index is 0.00000196. The van der Waals surface area contributed by atoms with E-state index in [1.54, 1.807) is 46.7 Å². The molecular weight excluding hydrogens is 372 g/mol. The average molecular weight is 391 g/mol. The van der Waals surface area contributed by atoms with E-state index >= 15 is 0 Å². The molecule has 4 heterocycles. The van der Waals surface area contributed by atoms with Crippen molar-refractivity contribution < 1.29 is 4.79 Å². The maximum atomic E-state index is 12.5. The Morgan fingerprint density at radius 3 is 2.88 bits per heavy atom. The van der Waals surface area contributed by atoms with Crippen molar-refractivity contribution >= 4 is 34.8 Å². The molecule has 0 radical (unpaired) electrons. The normalized spacial score (nSPS) is 14.6. The van der Waals surface area contributed by atoms with Crippen LogP contribution in [0.25, 0.3) is 5.82 Å². The van der Waals surface area contributed by atoms with Gasteiger partial charge in [-0.15, -0.1) is 23.7 Å². The molecule has 3 aromatic rings. The first-order valence-corrected chi connectivity index (χ1v) is 9.05. The zero-order valence-corrected chi connectivity index (χ0v) is 15.6. The van der Waals surface area contributed by atoms with Crippen molar-refractivity contribution in [2.24, 2.45) is 0 Å². The molecule has 0 atom stereocenters. The van der Waals surface area contributed by atoms with Crippen LogP contribution in [0.5, 0.6) is 0 Å². The predicted molar refractivity (Wildman–Crippen MR) is 104 cm³/mol. The fourth-order valence-corrected chi connectivity index (χ4v) is 3.88. The lowest BCUT2D eigenvalue weighted by Gasteiger charge is -2.20. The molecule has 1 fully saturated rings. The van der Waals surface area contributed by atoms with Gasteiger partial charge in [-0.2, -0.15) is 5.10 Å². The molecule has 3 aromatic heterocycles. The molecule has 1 aliphatic heterocycles. The summed E-state index contributed by atoms with van der Waals surface area (Å²) in [5, 5.41) is 11.0. The van der Waals surface area contributed by atoms with Crippen molar-refractivity contribution in [2.45, 2.75) is 18.8 Å². The molecule has 1 saturated heterocycles. The largest absolute Gasteiger partial charge is 0.317 e. The fraction of sp³-hybridized carbons (Fsp3) is 0.294. The number of carbonyl (C=O) groups excluding carboxylic acids is 1. The van der Waals surface area contributed by atoms with Crippen molar-refractivity contribution in [1.29, 1.82) is 0 Å². The van der Waals surface area contributed by atoms with Crippen molar-refractivity contribution in [1.82, 2.24) is 25.1 Å². The van der Waals surface area contributed by atoms with Gasteiger partial charge in [0.1, 0.15) is 0 Å². The van der Waals surface area contributed by atoms with Crippen LogP contribution >= 0.6 is 23.7 Å². The lowest BCUT2D eigenvalue weighted by molar-refractivity contribution is 0.102. The summed E-state index contributed by atoms with van der Waals surface area (Å²) in [6.45, 7) is 2.08. The first-order valence-electron chi connectivity index (χ1n) is 8.23. The van der Waals surface area contributed by atoms with E-state index in [2.05, 4.69) is 25.7 Å². The Labute approximate surface area is 161 Å². The van der Waals surface area contributed by atoms with Crippen LogP contribution in [0.2, 0.25) is 0 Å². The van der Waals surface area contributed by atoms with Crippen LogP contribution in [0, 0.1) is 0 Å². The zero-order valence-electron chi connectivity index (χ0n) is 14.0. The van der Waals surface area contributed by atoms with Crippen LogP contribution in [-0.4, -0.2) is 38.7 Å². The van der Waals surface area contributed by atoms with Crippen LogP contribution in [0.15, 0.2) is 43.0 Å². The van der Waals surface area contributed by atoms with Gasteiger partial charge in [0.25, 0.3) is 5.91 Å². The molecule has 0 bridgehead atoms. The quantitative estimate of drug-likeness (QED) is 0.715. The molecule has 0 saturated carbocycles. The third-order valence-corrected chi connectivity index (χ3v) is 5.31. The summed E-state index contributed by atoms with van der Waals surface area (Å²) >= 11 is 1.56. The van der Waals surface area contributed by atoms with Gasteiger partial charge in [-0.1, -0.05) is 0 Å². The zero-order chi connectivity index (χ0) is 17.1. The molecule has 26 heavy (non-hydrogen) atoms. The third kappa shape index (κ3) is 4.09. The number of aromatic nitrogens is 4. The van der Waals surface area contributed by atoms with Crippen LogP contribution in [0.3, 0.4) is 0 Å². The Bertz CT molecular complexity index is 860. The molecule has 7 nitrogen and oxygen atoms in total. The van der Waals surface area contributed by atoms with Gasteiger partial charge in [0.15, 0.2) is 10.9 Å². The van der Waals surface area contributed by atoms with Gasteiger partial charge in [-0.05, 0) is 50.0 Å². The number of carbonyl (C=O) groups is 1. The first-order chi connectivity index (χ1) is 12.3. The predicted octanol–water partition coefficient (Wildman–Crippen LogP) is 2.86. The molecule has 1 aliphatic rings. The number of hydrogen-bond donors (Lipinski definition) is 2. The summed E-state index contributed by atoms with van der Waals surface area (Å²) in [6.07, 6.45) is 9.19. The number of pyridine rings is 1. The second-order valence-corrected chi connectivity index (χ2v) is 6.96. The monoisotopic (exact) mass is 390 g/mol. The number of nitrogens with one attached hydrogen (secondary N) is 2. The van der Waals surface area contributed by atoms with Gasteiger partial charge in [0, 0.05) is 35.2 Å². The van der Waals surface area contributed by atoms with Gasteiger partial charge in [0.05, 0.1) is 0 Å². The molecule has 9 heteroatoms. The number of hydrogen-bond acceptors (Lipinski definition) is 6. The Morgan fingerprint density at radius 2 is 2.12 bits per heavy atom. The van der Waals surface area contributed by atoms with Gasteiger partial charge in [0.2, 0.25) is 0 Å². The fourth-order valence-electron chi connectivity index (χ4n) is 2.90. The molecule has 136 valence electrons. The number of piperidine rings is 1. The summed E-state index contributed by atoms with van der Waals surface area (Å²) < 4.78 is 1.62. The lowest BCUT2D eigenvalue weighted by Crippen LogP contribution is -2.26. The van der Waals surface area contributed by atoms with E-state index in [4.69, 9.17) is 0 Å². The summed E-state index contributed by atoms with van der Waals surface area (Å²) in [5.74, 6) is 0.950. The summed E-state index contributed by atoms with van der Waals surface area (Å²) in [6, 6.07) is 5.21. The Hall–Kier alpha value is -2.29. The number of thiazole rings is 1. The lowest BCUT2D eigenvalue weighted by atomic mass is 9.97. The van der Waals surface area contributed by atoms with Gasteiger partial charge < -0.3 is 5.32 Å². The van der Waals surface area contributed by atoms with Crippen LogP contribution in [-0.2, 0) is 0 Å². The van der Waals surface area contributed by atoms with E-state index < -0.39 is 0 Å². The maximum absolute atomic E-state index is 12.5. The molecule has 0 spiro atoms. The number of anilines is 1. The highest BCUT2D eigenvalue weighted by Crippen LogP contribution is 2.31. The van der Waals surface area contributed by atoms with E-state index in [9.17, 15) is 4.79 Å². The minimum atomic E-state index is -0.193. The molecule has 0 aliphatic carbocycles. The molecule has 0 aromatic carbocycles. The SMILES string of the molecule is Cl.O=C(Nc1ncc(C2CCNCC2)s1)c1ccnc(-n2cccn2)c1. The maximum Gasteiger partial charge on any atom is 0.257 e. The van der Waals surface area contributed by atoms with E-state index in [1.165, 1.54) is 4.88 Å². The number of amides is 1. The van der Waals surface area contributed by atoms with Gasteiger partial charge >= 0.3 is 0 Å². The molecule has 0 unspecified atom stereocenters. The number of nitrogens with zero attached hydrogens (tertiary/aromatic N) is 4. The minimum Gasteiger partial charge on any atom is -0.317 e. The summed E-state index contributed by atoms with van der Waals surface area (Å²) in [7, 11) is 0. The second-order valence-electron chi connectivity index (χ2n) is 5.90. The average Bonchev–Trinajstić information content (AvgIpc) is 3.35. The Morgan fingerprint density at radius 1 is 1.27 bits per heavy atom. The van der Waals surface area contributed by atoms with Crippen LogP contribution in [0.4, 0.5) is 5.13 Å². The summed E-state index contributed by atoms with van der Waals surface area (Å²) in [4.78, 5) is 22.3. The molecular formula is C17H19ClN6OS. The first kappa shape index (κ1) is 18.5. The Kier molecular flexibility index (Phi) is 5.97. The van der Waals surface area contributed by atoms with Gasteiger partial charge in [-0.3, -0.25) is 10.1 Å². The third-order valence-electron chi connectivity index (χ3n) is 4.23. The second kappa shape index (κ2) is 8.39. The molecule has 1 amide bonds. The smallest absolute Gasteiger partial charge is 0.257 e. The minimum absolute atomic E-state index is 0. The standard InChI is InChI=1S/C17H18N6OS.ClH/c24-16(13-4-8-19-15(10-13)23-9-1-5-21-23)22-17-20-11-14(25-17)12-2-6-18-7-3-12;/h1,4-5,8-12,18H,2-3,6-7H2,(H,20,22,24);1H. The highest BCUT2D eigenvalue weighted by molar-refractivity contribution is 7.15. The van der Waals surface area contributed by atoms with Crippen molar-refractivity contribution in [3.8, 4) is 5.82 Å².